The molecule has 146 valence electrons. The van der Waals surface area contributed by atoms with E-state index in [4.69, 9.17) is 9.32 Å². The van der Waals surface area contributed by atoms with Gasteiger partial charge in [-0.1, -0.05) is 19.3 Å². The second-order valence-electron chi connectivity index (χ2n) is 7.47. The standard InChI is InChI=1S/C17H29N5O3S/c18-26(23,24)25-11-14-6-7-15(8-14)22-17-9-16(20-12-21-17)19-10-13-4-2-1-3-5-13/h9,12-15H,1-8,10-11H2,(H2,18,23,24)(H2,19,20,21,22)/t14-,15+/m1/s1. The highest BCUT2D eigenvalue weighted by Gasteiger charge is 2.26. The molecule has 1 heterocycles. The molecule has 2 aliphatic rings. The largest absolute Gasteiger partial charge is 0.370 e. The SMILES string of the molecule is NS(=O)(=O)OC[C@@H]1CC[C@H](Nc2cc(NCC3CCCCC3)ncn2)C1. The molecule has 0 aliphatic heterocycles. The first-order valence-electron chi connectivity index (χ1n) is 9.47. The van der Waals surface area contributed by atoms with Crippen LogP contribution in [-0.4, -0.2) is 37.6 Å². The van der Waals surface area contributed by atoms with Crippen LogP contribution in [0, 0.1) is 11.8 Å². The van der Waals surface area contributed by atoms with E-state index in [1.54, 1.807) is 6.33 Å². The molecule has 1 aromatic rings. The van der Waals surface area contributed by atoms with Gasteiger partial charge in [-0.25, -0.2) is 15.1 Å². The summed E-state index contributed by atoms with van der Waals surface area (Å²) < 4.78 is 26.5. The molecule has 2 aliphatic carbocycles. The number of aromatic nitrogens is 2. The van der Waals surface area contributed by atoms with Gasteiger partial charge in [-0.15, -0.1) is 0 Å². The smallest absolute Gasteiger partial charge is 0.333 e. The fourth-order valence-corrected chi connectivity index (χ4v) is 4.31. The van der Waals surface area contributed by atoms with Crippen LogP contribution in [0.2, 0.25) is 0 Å². The highest BCUT2D eigenvalue weighted by Crippen LogP contribution is 2.28. The molecule has 0 radical (unpaired) electrons. The summed E-state index contributed by atoms with van der Waals surface area (Å²) in [6, 6.07) is 2.20. The number of nitrogens with zero attached hydrogens (tertiary/aromatic N) is 2. The third-order valence-electron chi connectivity index (χ3n) is 5.32. The summed E-state index contributed by atoms with van der Waals surface area (Å²) in [7, 11) is -3.86. The molecular formula is C17H29N5O3S. The van der Waals surface area contributed by atoms with Crippen LogP contribution in [0.1, 0.15) is 51.4 Å². The topological polar surface area (TPSA) is 119 Å². The Kier molecular flexibility index (Phi) is 6.66. The van der Waals surface area contributed by atoms with Crippen molar-refractivity contribution in [1.82, 2.24) is 9.97 Å². The van der Waals surface area contributed by atoms with Gasteiger partial charge in [-0.05, 0) is 43.9 Å². The summed E-state index contributed by atoms with van der Waals surface area (Å²) in [5, 5.41) is 11.7. The molecule has 0 bridgehead atoms. The van der Waals surface area contributed by atoms with Gasteiger partial charge in [0.15, 0.2) is 0 Å². The zero-order valence-electron chi connectivity index (χ0n) is 15.1. The second-order valence-corrected chi connectivity index (χ2v) is 8.69. The van der Waals surface area contributed by atoms with Gasteiger partial charge in [0.05, 0.1) is 6.61 Å². The molecular weight excluding hydrogens is 354 g/mol. The van der Waals surface area contributed by atoms with Crippen LogP contribution in [0.25, 0.3) is 0 Å². The first kappa shape index (κ1) is 19.3. The Morgan fingerprint density at radius 1 is 1.08 bits per heavy atom. The van der Waals surface area contributed by atoms with Crippen molar-refractivity contribution >= 4 is 21.9 Å². The minimum Gasteiger partial charge on any atom is -0.370 e. The van der Waals surface area contributed by atoms with Gasteiger partial charge < -0.3 is 10.6 Å². The normalized spacial score (nSPS) is 24.5. The lowest BCUT2D eigenvalue weighted by Crippen LogP contribution is -2.21. The summed E-state index contributed by atoms with van der Waals surface area (Å²) in [6.45, 7) is 1.11. The third kappa shape index (κ3) is 6.37. The monoisotopic (exact) mass is 383 g/mol. The summed E-state index contributed by atoms with van der Waals surface area (Å²) >= 11 is 0. The lowest BCUT2D eigenvalue weighted by atomic mass is 9.89. The van der Waals surface area contributed by atoms with E-state index >= 15 is 0 Å². The zero-order chi connectivity index (χ0) is 18.4. The van der Waals surface area contributed by atoms with Gasteiger partial charge in [0.2, 0.25) is 0 Å². The summed E-state index contributed by atoms with van der Waals surface area (Å²) in [4.78, 5) is 8.61. The van der Waals surface area contributed by atoms with Crippen molar-refractivity contribution in [3.05, 3.63) is 12.4 Å². The first-order chi connectivity index (χ1) is 12.5. The van der Waals surface area contributed by atoms with Crippen molar-refractivity contribution in [3.63, 3.8) is 0 Å². The van der Waals surface area contributed by atoms with Crippen LogP contribution in [-0.2, 0) is 14.5 Å². The van der Waals surface area contributed by atoms with Crippen molar-refractivity contribution in [2.75, 3.05) is 23.8 Å². The lowest BCUT2D eigenvalue weighted by Gasteiger charge is -2.22. The van der Waals surface area contributed by atoms with E-state index in [-0.39, 0.29) is 18.6 Å². The molecule has 0 spiro atoms. The average molecular weight is 384 g/mol. The van der Waals surface area contributed by atoms with E-state index in [9.17, 15) is 8.42 Å². The summed E-state index contributed by atoms with van der Waals surface area (Å²) in [6.07, 6.45) is 10.9. The van der Waals surface area contributed by atoms with E-state index in [2.05, 4.69) is 20.6 Å². The van der Waals surface area contributed by atoms with Crippen LogP contribution < -0.4 is 15.8 Å². The molecule has 26 heavy (non-hydrogen) atoms. The highest BCUT2D eigenvalue weighted by atomic mass is 32.2. The quantitative estimate of drug-likeness (QED) is 0.630. The van der Waals surface area contributed by atoms with Gasteiger partial charge in [-0.3, -0.25) is 4.18 Å². The highest BCUT2D eigenvalue weighted by molar-refractivity contribution is 7.84. The van der Waals surface area contributed by atoms with Crippen molar-refractivity contribution < 1.29 is 12.6 Å². The molecule has 3 rings (SSSR count). The van der Waals surface area contributed by atoms with Crippen molar-refractivity contribution in [1.29, 1.82) is 0 Å². The van der Waals surface area contributed by atoms with E-state index in [1.165, 1.54) is 32.1 Å². The minimum atomic E-state index is -3.86. The van der Waals surface area contributed by atoms with Crippen molar-refractivity contribution in [2.24, 2.45) is 17.0 Å². The van der Waals surface area contributed by atoms with Crippen LogP contribution in [0.3, 0.4) is 0 Å². The Morgan fingerprint density at radius 2 is 1.85 bits per heavy atom. The fourth-order valence-electron chi connectivity index (χ4n) is 3.93. The maximum absolute atomic E-state index is 10.9. The summed E-state index contributed by atoms with van der Waals surface area (Å²) in [5.41, 5.74) is 0. The lowest BCUT2D eigenvalue weighted by molar-refractivity contribution is 0.256. The van der Waals surface area contributed by atoms with Crippen LogP contribution in [0.5, 0.6) is 0 Å². The van der Waals surface area contributed by atoms with Crippen molar-refractivity contribution in [3.8, 4) is 0 Å². The van der Waals surface area contributed by atoms with E-state index < -0.39 is 10.3 Å². The molecule has 1 aromatic heterocycles. The summed E-state index contributed by atoms with van der Waals surface area (Å²) in [5.74, 6) is 2.57. The molecule has 8 nitrogen and oxygen atoms in total. The van der Waals surface area contributed by atoms with Crippen LogP contribution in [0.15, 0.2) is 12.4 Å². The maximum Gasteiger partial charge on any atom is 0.333 e. The van der Waals surface area contributed by atoms with E-state index in [1.807, 2.05) is 6.07 Å². The Morgan fingerprint density at radius 3 is 2.62 bits per heavy atom. The Hall–Kier alpha value is -1.45. The van der Waals surface area contributed by atoms with Crippen molar-refractivity contribution in [2.45, 2.75) is 57.4 Å². The number of hydrogen-bond acceptors (Lipinski definition) is 7. The number of nitrogens with two attached hydrogens (primary N) is 1. The van der Waals surface area contributed by atoms with Gasteiger partial charge >= 0.3 is 10.3 Å². The van der Waals surface area contributed by atoms with E-state index in [0.29, 0.717) is 0 Å². The molecule has 2 saturated carbocycles. The number of rotatable bonds is 8. The van der Waals surface area contributed by atoms with Gasteiger partial charge in [0.1, 0.15) is 18.0 Å². The first-order valence-corrected chi connectivity index (χ1v) is 10.9. The molecule has 9 heteroatoms. The second kappa shape index (κ2) is 8.96. The molecule has 0 amide bonds. The number of nitrogens with one attached hydrogen (secondary N) is 2. The van der Waals surface area contributed by atoms with Gasteiger partial charge in [0.25, 0.3) is 0 Å². The Labute approximate surface area is 155 Å². The van der Waals surface area contributed by atoms with Gasteiger partial charge in [-0.2, -0.15) is 8.42 Å². The fraction of sp³-hybridized carbons (Fsp3) is 0.765. The number of hydrogen-bond donors (Lipinski definition) is 3. The molecule has 4 N–H and O–H groups in total. The van der Waals surface area contributed by atoms with Crippen LogP contribution in [0.4, 0.5) is 11.6 Å². The average Bonchev–Trinajstić information content (AvgIpc) is 3.06. The Balaban J connectivity index is 1.45. The van der Waals surface area contributed by atoms with E-state index in [0.717, 1.165) is 43.4 Å². The molecule has 2 atom stereocenters. The maximum atomic E-state index is 10.9. The predicted molar refractivity (Wildman–Crippen MR) is 101 cm³/mol. The van der Waals surface area contributed by atoms with Gasteiger partial charge in [0, 0.05) is 18.7 Å². The number of anilines is 2. The predicted octanol–water partition coefficient (Wildman–Crippen LogP) is 2.27. The Bertz CT molecular complexity index is 679. The molecule has 2 fully saturated rings. The molecule has 0 aromatic carbocycles. The molecule has 0 saturated heterocycles. The molecule has 0 unspecified atom stereocenters. The third-order valence-corrected chi connectivity index (χ3v) is 5.79. The zero-order valence-corrected chi connectivity index (χ0v) is 15.9. The van der Waals surface area contributed by atoms with Crippen LogP contribution >= 0.6 is 0 Å². The minimum absolute atomic E-state index is 0.148.